The van der Waals surface area contributed by atoms with Gasteiger partial charge in [-0.15, -0.1) is 0 Å². The Morgan fingerprint density at radius 1 is 1.25 bits per heavy atom. The highest BCUT2D eigenvalue weighted by atomic mass is 16.4. The van der Waals surface area contributed by atoms with Gasteiger partial charge in [0.2, 0.25) is 5.71 Å². The molecule has 3 rings (SSSR count). The highest BCUT2D eigenvalue weighted by Crippen LogP contribution is 2.44. The summed E-state index contributed by atoms with van der Waals surface area (Å²) in [6.07, 6.45) is 4.01. The molecule has 0 aromatic carbocycles. The highest BCUT2D eigenvalue weighted by Gasteiger charge is 2.34. The molecule has 2 unspecified atom stereocenters. The first-order valence-corrected chi connectivity index (χ1v) is 6.87. The van der Waals surface area contributed by atoms with Crippen molar-refractivity contribution in [3.63, 3.8) is 0 Å². The number of H-pyrrole nitrogens is 2. The van der Waals surface area contributed by atoms with Gasteiger partial charge in [-0.1, -0.05) is 13.3 Å². The summed E-state index contributed by atoms with van der Waals surface area (Å²) >= 11 is 0. The monoisotopic (exact) mass is 276 g/mol. The summed E-state index contributed by atoms with van der Waals surface area (Å²) in [6, 6.07) is 1.35. The van der Waals surface area contributed by atoms with E-state index < -0.39 is 16.9 Å². The zero-order valence-corrected chi connectivity index (χ0v) is 11.2. The Labute approximate surface area is 113 Å². The molecule has 1 aliphatic rings. The topological polar surface area (TPSA) is 95.9 Å². The van der Waals surface area contributed by atoms with Gasteiger partial charge in [0.05, 0.1) is 0 Å². The van der Waals surface area contributed by atoms with Gasteiger partial charge >= 0.3 is 11.3 Å². The van der Waals surface area contributed by atoms with E-state index in [9.17, 15) is 14.4 Å². The second-order valence-corrected chi connectivity index (χ2v) is 5.41. The number of nitrogens with one attached hydrogen (secondary N) is 2. The number of hydrogen-bond acceptors (Lipinski definition) is 4. The lowest BCUT2D eigenvalue weighted by molar-refractivity contribution is 0.542. The van der Waals surface area contributed by atoms with Gasteiger partial charge < -0.3 is 4.42 Å². The number of aryl methyl sites for hydroxylation is 1. The van der Waals surface area contributed by atoms with Gasteiger partial charge in [-0.2, -0.15) is 0 Å². The third kappa shape index (κ3) is 2.33. The number of fused-ring (bicyclic) bond motifs is 1. The molecule has 0 bridgehead atoms. The third-order valence-electron chi connectivity index (χ3n) is 4.10. The van der Waals surface area contributed by atoms with Crippen molar-refractivity contribution in [2.75, 3.05) is 0 Å². The zero-order valence-electron chi connectivity index (χ0n) is 11.2. The fourth-order valence-corrected chi connectivity index (χ4v) is 2.88. The Balaban J connectivity index is 1.99. The molecule has 2 N–H and O–H groups in total. The summed E-state index contributed by atoms with van der Waals surface area (Å²) in [5.74, 6) is 1.46. The maximum absolute atomic E-state index is 11.9. The van der Waals surface area contributed by atoms with Gasteiger partial charge in [-0.3, -0.25) is 14.8 Å². The zero-order chi connectivity index (χ0) is 14.3. The van der Waals surface area contributed by atoms with Crippen molar-refractivity contribution in [1.82, 2.24) is 9.97 Å². The highest BCUT2D eigenvalue weighted by molar-refractivity contribution is 5.75. The van der Waals surface area contributed by atoms with E-state index in [2.05, 4.69) is 16.9 Å². The molecule has 2 aromatic heterocycles. The number of aromatic nitrogens is 2. The van der Waals surface area contributed by atoms with Crippen LogP contribution < -0.4 is 16.9 Å². The molecule has 2 atom stereocenters. The molecule has 0 radical (unpaired) electrons. The predicted molar refractivity (Wildman–Crippen MR) is 73.9 cm³/mol. The second-order valence-electron chi connectivity index (χ2n) is 5.41. The summed E-state index contributed by atoms with van der Waals surface area (Å²) in [5, 5.41) is 0.276. The largest absolute Gasteiger partial charge is 0.405 e. The lowest BCUT2D eigenvalue weighted by Crippen LogP contribution is -2.24. The number of rotatable bonds is 4. The van der Waals surface area contributed by atoms with E-state index in [1.165, 1.54) is 18.9 Å². The fraction of sp³-hybridized carbons (Fsp3) is 0.500. The van der Waals surface area contributed by atoms with Crippen LogP contribution in [0.15, 0.2) is 24.9 Å². The molecule has 1 saturated carbocycles. The van der Waals surface area contributed by atoms with Crippen LogP contribution in [0.25, 0.3) is 11.1 Å². The quantitative estimate of drug-likeness (QED) is 0.875. The molecule has 2 heterocycles. The van der Waals surface area contributed by atoms with Crippen molar-refractivity contribution in [3.8, 4) is 0 Å². The summed E-state index contributed by atoms with van der Waals surface area (Å²) in [5.41, 5.74) is -1.11. The molecule has 1 aliphatic carbocycles. The van der Waals surface area contributed by atoms with Crippen molar-refractivity contribution >= 4 is 11.1 Å². The summed E-state index contributed by atoms with van der Waals surface area (Å²) in [6.45, 7) is 2.17. The maximum Gasteiger partial charge on any atom is 0.337 e. The molecule has 0 spiro atoms. The maximum atomic E-state index is 11.9. The Bertz CT molecular complexity index is 809. The van der Waals surface area contributed by atoms with Crippen molar-refractivity contribution < 1.29 is 4.42 Å². The Hall–Kier alpha value is -2.11. The molecule has 6 heteroatoms. The van der Waals surface area contributed by atoms with Crippen LogP contribution in [0, 0.1) is 11.8 Å². The van der Waals surface area contributed by atoms with E-state index in [4.69, 9.17) is 4.42 Å². The first-order valence-electron chi connectivity index (χ1n) is 6.87. The standard InChI is InChI=1S/C14H16N2O4/c1-2-7-5-8(7)3-4-9-6-10(17)20-13-11(9)12(18)15-14(19)16-13/h6-8H,2-5H2,1H3,(H2,15,16,18,19). The molecule has 0 saturated heterocycles. The predicted octanol–water partition coefficient (Wildman–Crippen LogP) is 1.15. The van der Waals surface area contributed by atoms with Gasteiger partial charge in [0.15, 0.2) is 0 Å². The molecule has 0 amide bonds. The van der Waals surface area contributed by atoms with Gasteiger partial charge in [-0.05, 0) is 36.7 Å². The summed E-state index contributed by atoms with van der Waals surface area (Å²) < 4.78 is 4.90. The number of hydrogen-bond donors (Lipinski definition) is 2. The van der Waals surface area contributed by atoms with Crippen molar-refractivity contribution in [1.29, 1.82) is 0 Å². The van der Waals surface area contributed by atoms with Crippen LogP contribution in [-0.2, 0) is 6.42 Å². The third-order valence-corrected chi connectivity index (χ3v) is 4.10. The first kappa shape index (κ1) is 12.9. The molecular weight excluding hydrogens is 260 g/mol. The molecule has 2 aromatic rings. The summed E-state index contributed by atoms with van der Waals surface area (Å²) in [4.78, 5) is 39.1. The minimum atomic E-state index is -0.670. The van der Waals surface area contributed by atoms with E-state index >= 15 is 0 Å². The normalized spacial score (nSPS) is 21.2. The molecule has 0 aliphatic heterocycles. The molecular formula is C14H16N2O4. The van der Waals surface area contributed by atoms with Crippen molar-refractivity contribution in [2.24, 2.45) is 11.8 Å². The van der Waals surface area contributed by atoms with Crippen molar-refractivity contribution in [2.45, 2.75) is 32.6 Å². The molecule has 20 heavy (non-hydrogen) atoms. The fourth-order valence-electron chi connectivity index (χ4n) is 2.88. The minimum Gasteiger partial charge on any atom is -0.405 e. The molecule has 1 fully saturated rings. The van der Waals surface area contributed by atoms with Gasteiger partial charge in [0.1, 0.15) is 5.39 Å². The van der Waals surface area contributed by atoms with E-state index in [0.717, 1.165) is 12.3 Å². The first-order chi connectivity index (χ1) is 9.58. The smallest absolute Gasteiger partial charge is 0.337 e. The minimum absolute atomic E-state index is 0.0379. The van der Waals surface area contributed by atoms with Crippen LogP contribution in [0.3, 0.4) is 0 Å². The average Bonchev–Trinajstić information content (AvgIpc) is 3.13. The number of aromatic amines is 2. The van der Waals surface area contributed by atoms with E-state index in [1.807, 2.05) is 0 Å². The SMILES string of the molecule is CCC1CC1CCc1cc(=O)oc2[nH]c(=O)[nH]c(=O)c12. The van der Waals surface area contributed by atoms with Crippen LogP contribution in [0.4, 0.5) is 0 Å². The average molecular weight is 276 g/mol. The van der Waals surface area contributed by atoms with E-state index in [1.54, 1.807) is 0 Å². The van der Waals surface area contributed by atoms with Crippen LogP contribution in [0.1, 0.15) is 31.7 Å². The van der Waals surface area contributed by atoms with Gasteiger partial charge in [0.25, 0.3) is 5.56 Å². The van der Waals surface area contributed by atoms with Gasteiger partial charge in [0, 0.05) is 6.07 Å². The lowest BCUT2D eigenvalue weighted by atomic mass is 10.0. The lowest BCUT2D eigenvalue weighted by Gasteiger charge is -2.03. The summed E-state index contributed by atoms with van der Waals surface area (Å²) in [7, 11) is 0. The van der Waals surface area contributed by atoms with Crippen LogP contribution >= 0.6 is 0 Å². The van der Waals surface area contributed by atoms with Crippen molar-refractivity contribution in [3.05, 3.63) is 42.9 Å². The molecule has 6 nitrogen and oxygen atoms in total. The van der Waals surface area contributed by atoms with Gasteiger partial charge in [-0.25, -0.2) is 9.59 Å². The second kappa shape index (κ2) is 4.77. The van der Waals surface area contributed by atoms with Crippen LogP contribution in [0.5, 0.6) is 0 Å². The Kier molecular flexibility index (Phi) is 3.08. The Morgan fingerprint density at radius 3 is 2.75 bits per heavy atom. The Morgan fingerprint density at radius 2 is 2.05 bits per heavy atom. The van der Waals surface area contributed by atoms with Crippen LogP contribution in [0.2, 0.25) is 0 Å². The van der Waals surface area contributed by atoms with Crippen LogP contribution in [-0.4, -0.2) is 9.97 Å². The van der Waals surface area contributed by atoms with E-state index in [-0.39, 0.29) is 11.1 Å². The van der Waals surface area contributed by atoms with E-state index in [0.29, 0.717) is 17.9 Å². The molecule has 106 valence electrons.